The lowest BCUT2D eigenvalue weighted by Gasteiger charge is -2.09. The quantitative estimate of drug-likeness (QED) is 0.551. The van der Waals surface area contributed by atoms with Crippen molar-refractivity contribution in [3.8, 4) is 23.1 Å². The maximum absolute atomic E-state index is 12.3. The predicted octanol–water partition coefficient (Wildman–Crippen LogP) is 2.71. The standard InChI is InChI=1S/C19H15N5O2/c1-11-5-7-12(8-6-11)18(25)26-14-4-2-3-13(9-14)16-15(10-20)17(21)24-19(22)23-16/h2-9H,1H3,(H4,21,22,23,24). The number of benzene rings is 2. The number of esters is 1. The molecule has 0 bridgehead atoms. The molecule has 0 spiro atoms. The van der Waals surface area contributed by atoms with Gasteiger partial charge >= 0.3 is 5.97 Å². The molecule has 0 aliphatic rings. The third-order valence-electron chi connectivity index (χ3n) is 3.67. The molecule has 0 fully saturated rings. The zero-order chi connectivity index (χ0) is 18.7. The van der Waals surface area contributed by atoms with Crippen molar-refractivity contribution in [3.05, 3.63) is 65.2 Å². The van der Waals surface area contributed by atoms with Crippen LogP contribution in [0.15, 0.2) is 48.5 Å². The Balaban J connectivity index is 1.93. The number of aromatic nitrogens is 2. The smallest absolute Gasteiger partial charge is 0.343 e. The first-order valence-electron chi connectivity index (χ1n) is 7.70. The molecule has 0 atom stereocenters. The molecule has 1 aromatic heterocycles. The summed E-state index contributed by atoms with van der Waals surface area (Å²) in [6.45, 7) is 1.94. The Labute approximate surface area is 149 Å². The van der Waals surface area contributed by atoms with Crippen LogP contribution in [0.25, 0.3) is 11.3 Å². The van der Waals surface area contributed by atoms with Gasteiger partial charge in [0.1, 0.15) is 23.2 Å². The normalized spacial score (nSPS) is 10.2. The molecule has 2 aromatic carbocycles. The van der Waals surface area contributed by atoms with Crippen LogP contribution in [0.1, 0.15) is 21.5 Å². The van der Waals surface area contributed by atoms with Gasteiger partial charge in [-0.1, -0.05) is 29.8 Å². The number of aryl methyl sites for hydroxylation is 1. The number of carbonyl (C=O) groups excluding carboxylic acids is 1. The van der Waals surface area contributed by atoms with Crippen LogP contribution < -0.4 is 16.2 Å². The van der Waals surface area contributed by atoms with Gasteiger partial charge in [-0.2, -0.15) is 10.2 Å². The van der Waals surface area contributed by atoms with Crippen molar-refractivity contribution in [2.24, 2.45) is 0 Å². The fourth-order valence-corrected chi connectivity index (χ4v) is 2.38. The van der Waals surface area contributed by atoms with Crippen molar-refractivity contribution in [2.45, 2.75) is 6.92 Å². The van der Waals surface area contributed by atoms with E-state index >= 15 is 0 Å². The molecule has 0 saturated heterocycles. The second-order valence-electron chi connectivity index (χ2n) is 5.59. The van der Waals surface area contributed by atoms with E-state index in [1.807, 2.05) is 25.1 Å². The number of anilines is 2. The van der Waals surface area contributed by atoms with Crippen LogP contribution in [0.3, 0.4) is 0 Å². The number of nitrogens with two attached hydrogens (primary N) is 2. The zero-order valence-electron chi connectivity index (χ0n) is 13.9. The minimum absolute atomic E-state index is 0.00273. The van der Waals surface area contributed by atoms with Gasteiger partial charge in [-0.3, -0.25) is 0 Å². The summed E-state index contributed by atoms with van der Waals surface area (Å²) in [5, 5.41) is 9.30. The van der Waals surface area contributed by atoms with E-state index in [9.17, 15) is 10.1 Å². The third kappa shape index (κ3) is 3.44. The molecule has 3 aromatic rings. The van der Waals surface area contributed by atoms with Gasteiger partial charge in [0.05, 0.1) is 11.3 Å². The summed E-state index contributed by atoms with van der Waals surface area (Å²) in [7, 11) is 0. The Morgan fingerprint density at radius 2 is 1.85 bits per heavy atom. The van der Waals surface area contributed by atoms with Gasteiger partial charge in [0.25, 0.3) is 0 Å². The van der Waals surface area contributed by atoms with E-state index < -0.39 is 5.97 Å². The van der Waals surface area contributed by atoms with E-state index in [1.54, 1.807) is 36.4 Å². The van der Waals surface area contributed by atoms with Gasteiger partial charge in [0.2, 0.25) is 5.95 Å². The van der Waals surface area contributed by atoms with E-state index in [0.29, 0.717) is 16.9 Å². The van der Waals surface area contributed by atoms with Gasteiger partial charge in [0, 0.05) is 5.56 Å². The van der Waals surface area contributed by atoms with Crippen LogP contribution in [0.5, 0.6) is 5.75 Å². The molecule has 0 aliphatic heterocycles. The van der Waals surface area contributed by atoms with Crippen molar-refractivity contribution in [1.82, 2.24) is 9.97 Å². The summed E-state index contributed by atoms with van der Waals surface area (Å²) in [6.07, 6.45) is 0. The molecular weight excluding hydrogens is 330 g/mol. The Bertz CT molecular complexity index is 1020. The number of hydrogen-bond acceptors (Lipinski definition) is 7. The zero-order valence-corrected chi connectivity index (χ0v) is 13.9. The Hall–Kier alpha value is -3.92. The second-order valence-corrected chi connectivity index (χ2v) is 5.59. The van der Waals surface area contributed by atoms with Crippen molar-refractivity contribution >= 4 is 17.7 Å². The lowest BCUT2D eigenvalue weighted by atomic mass is 10.1. The van der Waals surface area contributed by atoms with Crippen LogP contribution >= 0.6 is 0 Å². The second kappa shape index (κ2) is 6.91. The molecule has 1 heterocycles. The third-order valence-corrected chi connectivity index (χ3v) is 3.67. The van der Waals surface area contributed by atoms with Crippen molar-refractivity contribution in [3.63, 3.8) is 0 Å². The van der Waals surface area contributed by atoms with Crippen LogP contribution in [0, 0.1) is 18.3 Å². The maximum atomic E-state index is 12.3. The fourth-order valence-electron chi connectivity index (χ4n) is 2.38. The van der Waals surface area contributed by atoms with E-state index in [4.69, 9.17) is 16.2 Å². The molecule has 26 heavy (non-hydrogen) atoms. The van der Waals surface area contributed by atoms with Crippen LogP contribution in [-0.4, -0.2) is 15.9 Å². The van der Waals surface area contributed by atoms with Crippen molar-refractivity contribution in [1.29, 1.82) is 5.26 Å². The number of rotatable bonds is 3. The van der Waals surface area contributed by atoms with Gasteiger partial charge in [-0.05, 0) is 31.2 Å². The van der Waals surface area contributed by atoms with Gasteiger partial charge in [0.15, 0.2) is 0 Å². The highest BCUT2D eigenvalue weighted by atomic mass is 16.5. The number of nitrogen functional groups attached to an aromatic ring is 2. The number of carbonyl (C=O) groups is 1. The topological polar surface area (TPSA) is 128 Å². The molecule has 128 valence electrons. The highest BCUT2D eigenvalue weighted by Gasteiger charge is 2.15. The minimum atomic E-state index is -0.482. The maximum Gasteiger partial charge on any atom is 0.343 e. The molecule has 7 heteroatoms. The van der Waals surface area contributed by atoms with Gasteiger partial charge in [-0.15, -0.1) is 0 Å². The van der Waals surface area contributed by atoms with E-state index in [0.717, 1.165) is 5.56 Å². The summed E-state index contributed by atoms with van der Waals surface area (Å²) in [5.41, 5.74) is 13.8. The number of hydrogen-bond donors (Lipinski definition) is 2. The Morgan fingerprint density at radius 1 is 1.12 bits per heavy atom. The van der Waals surface area contributed by atoms with E-state index in [-0.39, 0.29) is 23.0 Å². The van der Waals surface area contributed by atoms with Crippen LogP contribution in [-0.2, 0) is 0 Å². The molecule has 0 amide bonds. The molecule has 4 N–H and O–H groups in total. The molecule has 0 aliphatic carbocycles. The average Bonchev–Trinajstić information content (AvgIpc) is 2.62. The van der Waals surface area contributed by atoms with Gasteiger partial charge in [-0.25, -0.2) is 9.78 Å². The summed E-state index contributed by atoms with van der Waals surface area (Å²) in [6, 6.07) is 15.6. The summed E-state index contributed by atoms with van der Waals surface area (Å²) < 4.78 is 5.41. The van der Waals surface area contributed by atoms with Crippen LogP contribution in [0.4, 0.5) is 11.8 Å². The number of nitriles is 1. The van der Waals surface area contributed by atoms with E-state index in [2.05, 4.69) is 9.97 Å². The number of ether oxygens (including phenoxy) is 1. The predicted molar refractivity (Wildman–Crippen MR) is 97.1 cm³/mol. The molecule has 7 nitrogen and oxygen atoms in total. The summed E-state index contributed by atoms with van der Waals surface area (Å²) in [4.78, 5) is 20.1. The largest absolute Gasteiger partial charge is 0.423 e. The lowest BCUT2D eigenvalue weighted by Crippen LogP contribution is -2.08. The first kappa shape index (κ1) is 16.9. The SMILES string of the molecule is Cc1ccc(C(=O)Oc2cccc(-c3nc(N)nc(N)c3C#N)c2)cc1. The van der Waals surface area contributed by atoms with Gasteiger partial charge < -0.3 is 16.2 Å². The molecular formula is C19H15N5O2. The first-order valence-corrected chi connectivity index (χ1v) is 7.70. The average molecular weight is 345 g/mol. The molecule has 0 saturated carbocycles. The molecule has 3 rings (SSSR count). The fraction of sp³-hybridized carbons (Fsp3) is 0.0526. The highest BCUT2D eigenvalue weighted by Crippen LogP contribution is 2.28. The Morgan fingerprint density at radius 3 is 2.54 bits per heavy atom. The van der Waals surface area contributed by atoms with Crippen molar-refractivity contribution < 1.29 is 9.53 Å². The highest BCUT2D eigenvalue weighted by molar-refractivity contribution is 5.91. The van der Waals surface area contributed by atoms with Crippen LogP contribution in [0.2, 0.25) is 0 Å². The molecule has 0 radical (unpaired) electrons. The first-order chi connectivity index (χ1) is 12.5. The minimum Gasteiger partial charge on any atom is -0.423 e. The summed E-state index contributed by atoms with van der Waals surface area (Å²) in [5.74, 6) is -0.215. The van der Waals surface area contributed by atoms with E-state index in [1.165, 1.54) is 0 Å². The van der Waals surface area contributed by atoms with Crippen molar-refractivity contribution in [2.75, 3.05) is 11.5 Å². The molecule has 0 unspecified atom stereocenters. The monoisotopic (exact) mass is 345 g/mol. The Kier molecular flexibility index (Phi) is 4.50. The number of nitrogens with zero attached hydrogens (tertiary/aromatic N) is 3. The summed E-state index contributed by atoms with van der Waals surface area (Å²) >= 11 is 0. The lowest BCUT2D eigenvalue weighted by molar-refractivity contribution is 0.0735.